The summed E-state index contributed by atoms with van der Waals surface area (Å²) in [5.41, 5.74) is -1.40. The van der Waals surface area contributed by atoms with Gasteiger partial charge in [0.25, 0.3) is 0 Å². The third-order valence-corrected chi connectivity index (χ3v) is 3.36. The van der Waals surface area contributed by atoms with Crippen LogP contribution in [0.4, 0.5) is 22.0 Å². The number of benzene rings is 1. The van der Waals surface area contributed by atoms with Gasteiger partial charge < -0.3 is 0 Å². The number of rotatable bonds is 2. The Morgan fingerprint density at radius 1 is 0.789 bits per heavy atom. The summed E-state index contributed by atoms with van der Waals surface area (Å²) in [6.07, 6.45) is 0. The molecule has 19 heavy (non-hydrogen) atoms. The van der Waals surface area contributed by atoms with E-state index >= 15 is 0 Å². The summed E-state index contributed by atoms with van der Waals surface area (Å²) in [5, 5.41) is 0. The Balaban J connectivity index is 3.61. The van der Waals surface area contributed by atoms with Crippen molar-refractivity contribution in [1.82, 2.24) is 0 Å². The highest BCUT2D eigenvalue weighted by atomic mass is 32.2. The van der Waals surface area contributed by atoms with E-state index < -0.39 is 49.7 Å². The van der Waals surface area contributed by atoms with E-state index in [0.29, 0.717) is 0 Å². The van der Waals surface area contributed by atoms with E-state index in [9.17, 15) is 30.4 Å². The molecule has 0 saturated heterocycles. The second kappa shape index (κ2) is 4.71. The van der Waals surface area contributed by atoms with Crippen molar-refractivity contribution in [3.05, 3.63) is 29.1 Å². The predicted octanol–water partition coefficient (Wildman–Crippen LogP) is 2.89. The summed E-state index contributed by atoms with van der Waals surface area (Å²) in [4.78, 5) is -2.00. The van der Waals surface area contributed by atoms with Crippen LogP contribution in [-0.4, -0.2) is 14.0 Å². The van der Waals surface area contributed by atoms with Crippen molar-refractivity contribution in [2.45, 2.75) is 31.3 Å². The molecule has 1 aromatic rings. The van der Waals surface area contributed by atoms with E-state index in [2.05, 4.69) is 4.18 Å². The molecule has 108 valence electrons. The summed E-state index contributed by atoms with van der Waals surface area (Å²) in [5.74, 6) is -12.1. The van der Waals surface area contributed by atoms with E-state index in [-0.39, 0.29) is 0 Å². The fourth-order valence-corrected chi connectivity index (χ4v) is 2.53. The minimum absolute atomic E-state index is 1.23. The first-order valence-corrected chi connectivity index (χ1v) is 6.26. The van der Waals surface area contributed by atoms with Crippen LogP contribution in [0.15, 0.2) is 4.90 Å². The Bertz CT molecular complexity index is 590. The standard InChI is InChI=1S/C10H9F5O3S/c1-10(2,3)18-19(16,17)9-7(14)5(12)4(11)6(13)8(9)15/h1-3H3. The maximum atomic E-state index is 13.3. The monoisotopic (exact) mass is 304 g/mol. The van der Waals surface area contributed by atoms with E-state index in [1.165, 1.54) is 20.8 Å². The van der Waals surface area contributed by atoms with E-state index in [1.807, 2.05) is 0 Å². The third kappa shape index (κ3) is 3.03. The molecular weight excluding hydrogens is 295 g/mol. The molecule has 0 N–H and O–H groups in total. The second-order valence-corrected chi connectivity index (χ2v) is 6.03. The third-order valence-electron chi connectivity index (χ3n) is 1.78. The van der Waals surface area contributed by atoms with E-state index in [1.54, 1.807) is 0 Å². The number of hydrogen-bond acceptors (Lipinski definition) is 3. The van der Waals surface area contributed by atoms with Gasteiger partial charge in [0.05, 0.1) is 5.60 Å². The van der Waals surface area contributed by atoms with Gasteiger partial charge in [-0.05, 0) is 20.8 Å². The largest absolute Gasteiger partial charge is 0.303 e. The normalized spacial score (nSPS) is 12.8. The van der Waals surface area contributed by atoms with Gasteiger partial charge in [-0.3, -0.25) is 4.18 Å². The Hall–Kier alpha value is -1.22. The van der Waals surface area contributed by atoms with Gasteiger partial charge in [0, 0.05) is 0 Å². The zero-order valence-corrected chi connectivity index (χ0v) is 10.8. The van der Waals surface area contributed by atoms with Crippen molar-refractivity contribution < 1.29 is 34.6 Å². The lowest BCUT2D eigenvalue weighted by Crippen LogP contribution is -2.26. The highest BCUT2D eigenvalue weighted by Crippen LogP contribution is 2.29. The highest BCUT2D eigenvalue weighted by molar-refractivity contribution is 7.86. The summed E-state index contributed by atoms with van der Waals surface area (Å²) < 4.78 is 92.6. The smallest absolute Gasteiger partial charge is 0.260 e. The van der Waals surface area contributed by atoms with Gasteiger partial charge in [-0.1, -0.05) is 0 Å². The van der Waals surface area contributed by atoms with Crippen molar-refractivity contribution in [2.75, 3.05) is 0 Å². The van der Waals surface area contributed by atoms with Crippen LogP contribution >= 0.6 is 0 Å². The van der Waals surface area contributed by atoms with Crippen molar-refractivity contribution in [3.63, 3.8) is 0 Å². The molecular formula is C10H9F5O3S. The van der Waals surface area contributed by atoms with Crippen molar-refractivity contribution in [1.29, 1.82) is 0 Å². The van der Waals surface area contributed by atoms with Crippen molar-refractivity contribution >= 4 is 10.1 Å². The Kier molecular flexibility index (Phi) is 3.93. The molecule has 0 unspecified atom stereocenters. The molecule has 0 radical (unpaired) electrons. The summed E-state index contributed by atoms with van der Waals surface area (Å²) in [6.45, 7) is 3.70. The zero-order chi connectivity index (χ0) is 15.2. The van der Waals surface area contributed by atoms with Crippen LogP contribution in [0.2, 0.25) is 0 Å². The molecule has 0 atom stereocenters. The van der Waals surface area contributed by atoms with Crippen LogP contribution in [0.25, 0.3) is 0 Å². The van der Waals surface area contributed by atoms with Gasteiger partial charge in [0.2, 0.25) is 5.82 Å². The molecule has 0 saturated carbocycles. The van der Waals surface area contributed by atoms with Crippen LogP contribution < -0.4 is 0 Å². The molecule has 9 heteroatoms. The minimum atomic E-state index is -5.14. The fraction of sp³-hybridized carbons (Fsp3) is 0.400. The first-order valence-electron chi connectivity index (χ1n) is 4.85. The van der Waals surface area contributed by atoms with Crippen LogP contribution in [-0.2, 0) is 14.3 Å². The van der Waals surface area contributed by atoms with E-state index in [4.69, 9.17) is 0 Å². The van der Waals surface area contributed by atoms with Gasteiger partial charge in [0.15, 0.2) is 28.2 Å². The molecule has 3 nitrogen and oxygen atoms in total. The summed E-state index contributed by atoms with van der Waals surface area (Å²) in [6, 6.07) is 0. The van der Waals surface area contributed by atoms with Crippen LogP contribution in [0.3, 0.4) is 0 Å². The van der Waals surface area contributed by atoms with E-state index in [0.717, 1.165) is 0 Å². The molecule has 0 heterocycles. The van der Waals surface area contributed by atoms with Crippen LogP contribution in [0, 0.1) is 29.1 Å². The predicted molar refractivity (Wildman–Crippen MR) is 54.3 cm³/mol. The second-order valence-electron chi connectivity index (χ2n) is 4.55. The topological polar surface area (TPSA) is 43.4 Å². The molecule has 0 aliphatic rings. The van der Waals surface area contributed by atoms with Crippen LogP contribution in [0.5, 0.6) is 0 Å². The highest BCUT2D eigenvalue weighted by Gasteiger charge is 2.36. The van der Waals surface area contributed by atoms with Crippen LogP contribution in [0.1, 0.15) is 20.8 Å². The Morgan fingerprint density at radius 2 is 1.11 bits per heavy atom. The van der Waals surface area contributed by atoms with Gasteiger partial charge in [-0.15, -0.1) is 0 Å². The lowest BCUT2D eigenvalue weighted by Gasteiger charge is -2.19. The van der Waals surface area contributed by atoms with Crippen molar-refractivity contribution in [2.24, 2.45) is 0 Å². The first-order chi connectivity index (χ1) is 8.38. The molecule has 0 aliphatic carbocycles. The molecule has 0 bridgehead atoms. The molecule has 1 aromatic carbocycles. The molecule has 0 spiro atoms. The zero-order valence-electron chi connectivity index (χ0n) is 10.0. The Morgan fingerprint density at radius 3 is 1.42 bits per heavy atom. The number of halogens is 5. The average molecular weight is 304 g/mol. The fourth-order valence-electron chi connectivity index (χ4n) is 1.18. The minimum Gasteiger partial charge on any atom is -0.260 e. The molecule has 0 aromatic heterocycles. The molecule has 0 amide bonds. The quantitative estimate of drug-likeness (QED) is 0.365. The lowest BCUT2D eigenvalue weighted by atomic mass is 10.2. The molecule has 0 fully saturated rings. The maximum absolute atomic E-state index is 13.3. The van der Waals surface area contributed by atoms with Gasteiger partial charge in [-0.2, -0.15) is 8.42 Å². The first kappa shape index (κ1) is 15.8. The Labute approximate surface area is 106 Å². The van der Waals surface area contributed by atoms with Gasteiger partial charge in [-0.25, -0.2) is 22.0 Å². The maximum Gasteiger partial charge on any atom is 0.303 e. The number of hydrogen-bond donors (Lipinski definition) is 0. The summed E-state index contributed by atoms with van der Waals surface area (Å²) >= 11 is 0. The average Bonchev–Trinajstić information content (AvgIpc) is 2.20. The molecule has 1 rings (SSSR count). The summed E-state index contributed by atoms with van der Waals surface area (Å²) in [7, 11) is -5.14. The molecule has 0 aliphatic heterocycles. The van der Waals surface area contributed by atoms with Crippen molar-refractivity contribution in [3.8, 4) is 0 Å². The van der Waals surface area contributed by atoms with Gasteiger partial charge in [0.1, 0.15) is 0 Å². The SMILES string of the molecule is CC(C)(C)OS(=O)(=O)c1c(F)c(F)c(F)c(F)c1F. The lowest BCUT2D eigenvalue weighted by molar-refractivity contribution is 0.138. The van der Waals surface area contributed by atoms with Gasteiger partial charge >= 0.3 is 10.1 Å².